The Labute approximate surface area is 121 Å². The fourth-order valence-corrected chi connectivity index (χ4v) is 2.14. The molecule has 1 aliphatic carbocycles. The highest BCUT2D eigenvalue weighted by Gasteiger charge is 2.31. The van der Waals surface area contributed by atoms with Crippen LogP contribution >= 0.6 is 0 Å². The smallest absolute Gasteiger partial charge is 0.245 e. The van der Waals surface area contributed by atoms with E-state index in [-0.39, 0.29) is 16.9 Å². The van der Waals surface area contributed by atoms with E-state index in [1.807, 2.05) is 18.2 Å². The summed E-state index contributed by atoms with van der Waals surface area (Å²) in [6.45, 7) is 0. The first kappa shape index (κ1) is 12.9. The van der Waals surface area contributed by atoms with E-state index >= 15 is 0 Å². The number of fused-ring (bicyclic) bond motifs is 1. The molecule has 0 fully saturated rings. The third-order valence-electron chi connectivity index (χ3n) is 3.20. The van der Waals surface area contributed by atoms with Gasteiger partial charge in [0.15, 0.2) is 0 Å². The van der Waals surface area contributed by atoms with Crippen LogP contribution in [0.2, 0.25) is 0 Å². The zero-order valence-electron chi connectivity index (χ0n) is 11.0. The number of benzene rings is 2. The number of hydrogen-bond acceptors (Lipinski definition) is 3. The van der Waals surface area contributed by atoms with Gasteiger partial charge in [-0.15, -0.1) is 0 Å². The topological polar surface area (TPSA) is 54.4 Å². The lowest BCUT2D eigenvalue weighted by Crippen LogP contribution is -2.23. The summed E-state index contributed by atoms with van der Waals surface area (Å²) in [5, 5.41) is 10.2. The molecule has 3 rings (SSSR count). The Kier molecular flexibility index (Phi) is 3.13. The van der Waals surface area contributed by atoms with E-state index in [4.69, 9.17) is 0 Å². The zero-order chi connectivity index (χ0) is 14.8. The number of aliphatic hydroxyl groups is 1. The van der Waals surface area contributed by atoms with Gasteiger partial charge >= 0.3 is 0 Å². The van der Waals surface area contributed by atoms with Gasteiger partial charge in [0, 0.05) is 16.7 Å². The Balaban J connectivity index is 2.12. The predicted molar refractivity (Wildman–Crippen MR) is 78.6 cm³/mol. The van der Waals surface area contributed by atoms with Crippen molar-refractivity contribution in [2.75, 3.05) is 0 Å². The van der Waals surface area contributed by atoms with Crippen LogP contribution < -0.4 is 0 Å². The summed E-state index contributed by atoms with van der Waals surface area (Å²) in [6, 6.07) is 15.5. The monoisotopic (exact) mass is 274 g/mol. The molecule has 1 aliphatic rings. The fourth-order valence-electron chi connectivity index (χ4n) is 2.14. The van der Waals surface area contributed by atoms with Crippen molar-refractivity contribution >= 4 is 17.3 Å². The molecule has 2 aromatic rings. The van der Waals surface area contributed by atoms with E-state index in [0.29, 0.717) is 11.1 Å². The summed E-state index contributed by atoms with van der Waals surface area (Å²) in [5.41, 5.74) is 1.11. The van der Waals surface area contributed by atoms with Gasteiger partial charge in [-0.05, 0) is 12.1 Å². The quantitative estimate of drug-likeness (QED) is 0.593. The Hall–Kier alpha value is -3.12. The van der Waals surface area contributed by atoms with Gasteiger partial charge in [0.05, 0.1) is 0 Å². The van der Waals surface area contributed by atoms with Crippen molar-refractivity contribution in [3.05, 3.63) is 76.9 Å². The summed E-state index contributed by atoms with van der Waals surface area (Å²) in [4.78, 5) is 24.1. The van der Waals surface area contributed by atoms with E-state index in [1.165, 1.54) is 6.07 Å². The third-order valence-corrected chi connectivity index (χ3v) is 3.20. The summed E-state index contributed by atoms with van der Waals surface area (Å²) >= 11 is 0. The van der Waals surface area contributed by atoms with Crippen molar-refractivity contribution in [3.63, 3.8) is 0 Å². The van der Waals surface area contributed by atoms with Crippen molar-refractivity contribution in [3.8, 4) is 11.8 Å². The number of carbonyl (C=O) groups excluding carboxylic acids is 2. The second kappa shape index (κ2) is 5.10. The lowest BCUT2D eigenvalue weighted by molar-refractivity contribution is -0.111. The number of ketones is 2. The van der Waals surface area contributed by atoms with Crippen molar-refractivity contribution in [2.24, 2.45) is 0 Å². The van der Waals surface area contributed by atoms with Gasteiger partial charge in [0.2, 0.25) is 11.6 Å². The predicted octanol–water partition coefficient (Wildman–Crippen LogP) is 2.77. The molecule has 21 heavy (non-hydrogen) atoms. The van der Waals surface area contributed by atoms with Gasteiger partial charge in [-0.1, -0.05) is 54.3 Å². The summed E-state index contributed by atoms with van der Waals surface area (Å²) in [6.07, 6.45) is 0. The van der Waals surface area contributed by atoms with Gasteiger partial charge in [-0.3, -0.25) is 9.59 Å². The van der Waals surface area contributed by atoms with Crippen molar-refractivity contribution in [2.45, 2.75) is 0 Å². The minimum absolute atomic E-state index is 0.150. The number of hydrogen-bond donors (Lipinski definition) is 1. The Morgan fingerprint density at radius 2 is 1.33 bits per heavy atom. The molecule has 0 amide bonds. The van der Waals surface area contributed by atoms with E-state index in [1.54, 1.807) is 30.3 Å². The molecule has 1 N–H and O–H groups in total. The van der Waals surface area contributed by atoms with E-state index in [0.717, 1.165) is 0 Å². The van der Waals surface area contributed by atoms with E-state index in [2.05, 4.69) is 11.8 Å². The molecule has 3 nitrogen and oxygen atoms in total. The highest BCUT2D eigenvalue weighted by atomic mass is 16.3. The van der Waals surface area contributed by atoms with Crippen LogP contribution in [-0.2, 0) is 4.79 Å². The van der Waals surface area contributed by atoms with Gasteiger partial charge < -0.3 is 5.11 Å². The minimum atomic E-state index is -0.769. The lowest BCUT2D eigenvalue weighted by atomic mass is 9.88. The van der Waals surface area contributed by atoms with Gasteiger partial charge in [-0.25, -0.2) is 0 Å². The van der Waals surface area contributed by atoms with Crippen LogP contribution in [0.25, 0.3) is 5.76 Å². The highest BCUT2D eigenvalue weighted by molar-refractivity contribution is 6.53. The molecule has 0 atom stereocenters. The minimum Gasteiger partial charge on any atom is -0.506 e. The number of allylic oxidation sites excluding steroid dienone is 1. The molecule has 0 heterocycles. The standard InChI is InChI=1S/C18H10O3/c19-16-13-8-4-5-9-14(13)17(20)18(21)15(16)11-10-12-6-2-1-3-7-12/h1-9,19H. The number of Topliss-reactive ketones (excluding diaryl/α,β-unsaturated/α-hetero) is 2. The summed E-state index contributed by atoms with van der Waals surface area (Å²) in [7, 11) is 0. The molecule has 0 aliphatic heterocycles. The maximum atomic E-state index is 12.0. The molecule has 3 heteroatoms. The van der Waals surface area contributed by atoms with Gasteiger partial charge in [0.1, 0.15) is 11.3 Å². The van der Waals surface area contributed by atoms with Crippen LogP contribution in [0.4, 0.5) is 0 Å². The summed E-state index contributed by atoms with van der Waals surface area (Å²) < 4.78 is 0. The number of rotatable bonds is 0. The molecule has 0 spiro atoms. The molecule has 0 saturated carbocycles. The molecule has 0 radical (unpaired) electrons. The van der Waals surface area contributed by atoms with Crippen LogP contribution in [0, 0.1) is 11.8 Å². The average Bonchev–Trinajstić information content (AvgIpc) is 2.54. The first-order valence-corrected chi connectivity index (χ1v) is 6.37. The molecular weight excluding hydrogens is 264 g/mol. The van der Waals surface area contributed by atoms with Crippen LogP contribution in [0.15, 0.2) is 60.2 Å². The zero-order valence-corrected chi connectivity index (χ0v) is 11.0. The average molecular weight is 274 g/mol. The first-order chi connectivity index (χ1) is 10.2. The third kappa shape index (κ3) is 2.24. The largest absolute Gasteiger partial charge is 0.506 e. The van der Waals surface area contributed by atoms with Crippen LogP contribution in [0.1, 0.15) is 21.5 Å². The van der Waals surface area contributed by atoms with Crippen molar-refractivity contribution in [1.29, 1.82) is 0 Å². The van der Waals surface area contributed by atoms with Crippen molar-refractivity contribution < 1.29 is 14.7 Å². The molecule has 0 saturated heterocycles. The number of carbonyl (C=O) groups is 2. The molecule has 0 bridgehead atoms. The maximum absolute atomic E-state index is 12.0. The Morgan fingerprint density at radius 3 is 2.05 bits per heavy atom. The molecule has 0 aromatic heterocycles. The SMILES string of the molecule is O=C1C(=O)c2ccccc2C(O)=C1C#Cc1ccccc1. The second-order valence-corrected chi connectivity index (χ2v) is 4.54. The Morgan fingerprint density at radius 1 is 0.714 bits per heavy atom. The highest BCUT2D eigenvalue weighted by Crippen LogP contribution is 2.27. The number of aliphatic hydroxyl groups excluding tert-OH is 1. The first-order valence-electron chi connectivity index (χ1n) is 6.37. The fraction of sp³-hybridized carbons (Fsp3) is 0. The van der Waals surface area contributed by atoms with Gasteiger partial charge in [-0.2, -0.15) is 0 Å². The van der Waals surface area contributed by atoms with Gasteiger partial charge in [0.25, 0.3) is 0 Å². The van der Waals surface area contributed by atoms with Crippen molar-refractivity contribution in [1.82, 2.24) is 0 Å². The van der Waals surface area contributed by atoms with Crippen LogP contribution in [-0.4, -0.2) is 16.7 Å². The molecule has 100 valence electrons. The second-order valence-electron chi connectivity index (χ2n) is 4.54. The molecule has 2 aromatic carbocycles. The maximum Gasteiger partial charge on any atom is 0.245 e. The molecular formula is C18H10O3. The van der Waals surface area contributed by atoms with Crippen LogP contribution in [0.5, 0.6) is 0 Å². The lowest BCUT2D eigenvalue weighted by Gasteiger charge is -2.14. The van der Waals surface area contributed by atoms with E-state index < -0.39 is 11.6 Å². The summed E-state index contributed by atoms with van der Waals surface area (Å²) in [5.74, 6) is 3.76. The van der Waals surface area contributed by atoms with E-state index in [9.17, 15) is 14.7 Å². The normalized spacial score (nSPS) is 13.5. The van der Waals surface area contributed by atoms with Crippen LogP contribution in [0.3, 0.4) is 0 Å². The Bertz CT molecular complexity index is 834. The molecule has 0 unspecified atom stereocenters.